The van der Waals surface area contributed by atoms with E-state index in [2.05, 4.69) is 9.97 Å². The molecule has 5 heteroatoms. The monoisotopic (exact) mass is 220 g/mol. The molecule has 0 saturated carbocycles. The first kappa shape index (κ1) is 8.76. The Labute approximate surface area is 90.7 Å². The number of para-hydroxylation sites is 1. The van der Waals surface area contributed by atoms with Gasteiger partial charge in [0.1, 0.15) is 5.52 Å². The molecule has 0 unspecified atom stereocenters. The summed E-state index contributed by atoms with van der Waals surface area (Å²) in [6.45, 7) is 0.478. The molecule has 4 nitrogen and oxygen atoms in total. The van der Waals surface area contributed by atoms with Crippen LogP contribution in [0.5, 0.6) is 0 Å². The fourth-order valence-electron chi connectivity index (χ4n) is 1.74. The lowest BCUT2D eigenvalue weighted by Gasteiger charge is -1.92. The Morgan fingerprint density at radius 3 is 3.13 bits per heavy atom. The second kappa shape index (κ2) is 2.98. The topological polar surface area (TPSA) is 59.1 Å². The van der Waals surface area contributed by atoms with Crippen LogP contribution in [0.3, 0.4) is 0 Å². The Kier molecular flexibility index (Phi) is 1.74. The van der Waals surface area contributed by atoms with Gasteiger partial charge < -0.3 is 10.7 Å². The summed E-state index contributed by atoms with van der Waals surface area (Å²) in [4.78, 5) is 7.53. The predicted molar refractivity (Wildman–Crippen MR) is 60.0 cm³/mol. The normalized spacial score (nSPS) is 11.6. The van der Waals surface area contributed by atoms with E-state index in [4.69, 9.17) is 17.3 Å². The van der Waals surface area contributed by atoms with E-state index in [1.54, 1.807) is 0 Å². The van der Waals surface area contributed by atoms with E-state index in [0.717, 1.165) is 22.5 Å². The number of aromatic nitrogens is 3. The van der Waals surface area contributed by atoms with Crippen molar-refractivity contribution in [1.82, 2.24) is 14.4 Å². The third-order valence-corrected chi connectivity index (χ3v) is 2.75. The van der Waals surface area contributed by atoms with Gasteiger partial charge in [-0.25, -0.2) is 4.98 Å². The van der Waals surface area contributed by atoms with Crippen molar-refractivity contribution in [1.29, 1.82) is 0 Å². The first-order valence-electron chi connectivity index (χ1n) is 4.64. The first-order chi connectivity index (χ1) is 7.29. The predicted octanol–water partition coefficient (Wildman–Crippen LogP) is 1.93. The molecule has 3 rings (SSSR count). The number of hydrogen-bond donors (Lipinski definition) is 2. The number of imidazole rings is 2. The molecule has 0 spiro atoms. The zero-order valence-corrected chi connectivity index (χ0v) is 8.62. The Morgan fingerprint density at radius 2 is 2.33 bits per heavy atom. The summed E-state index contributed by atoms with van der Waals surface area (Å²) in [5.74, 6) is 0.776. The highest BCUT2D eigenvalue weighted by molar-refractivity contribution is 6.35. The van der Waals surface area contributed by atoms with Crippen molar-refractivity contribution in [3.05, 3.63) is 35.1 Å². The SMILES string of the molecule is NCc1cn2c(nc3c(Cl)cccc32)[nH]1. The molecule has 0 bridgehead atoms. The van der Waals surface area contributed by atoms with Crippen LogP contribution >= 0.6 is 11.6 Å². The van der Waals surface area contributed by atoms with Crippen LogP contribution in [0.25, 0.3) is 16.8 Å². The van der Waals surface area contributed by atoms with Crippen molar-refractivity contribution in [2.45, 2.75) is 6.54 Å². The lowest BCUT2D eigenvalue weighted by Crippen LogP contribution is -1.95. The zero-order valence-electron chi connectivity index (χ0n) is 7.87. The van der Waals surface area contributed by atoms with E-state index in [0.29, 0.717) is 11.6 Å². The standard InChI is InChI=1S/C10H9ClN4/c11-7-2-1-3-8-9(7)14-10-13-6(4-12)5-15(8)10/h1-3,5H,4,12H2,(H,13,14). The van der Waals surface area contributed by atoms with Gasteiger partial charge in [0.15, 0.2) is 0 Å². The van der Waals surface area contributed by atoms with Crippen LogP contribution in [0.1, 0.15) is 5.69 Å². The fraction of sp³-hybridized carbons (Fsp3) is 0.100. The van der Waals surface area contributed by atoms with E-state index in [-0.39, 0.29) is 0 Å². The largest absolute Gasteiger partial charge is 0.326 e. The minimum Gasteiger partial charge on any atom is -0.326 e. The van der Waals surface area contributed by atoms with Crippen molar-refractivity contribution in [2.75, 3.05) is 0 Å². The molecule has 0 radical (unpaired) electrons. The molecule has 15 heavy (non-hydrogen) atoms. The molecule has 3 N–H and O–H groups in total. The minimum atomic E-state index is 0.478. The summed E-state index contributed by atoms with van der Waals surface area (Å²) in [7, 11) is 0. The molecule has 0 fully saturated rings. The van der Waals surface area contributed by atoms with Crippen LogP contribution in [0.2, 0.25) is 5.02 Å². The second-order valence-electron chi connectivity index (χ2n) is 3.40. The molecule has 0 aliphatic rings. The number of H-pyrrole nitrogens is 1. The summed E-state index contributed by atoms with van der Waals surface area (Å²) in [6, 6.07) is 5.73. The van der Waals surface area contributed by atoms with Crippen LogP contribution in [-0.4, -0.2) is 14.4 Å². The Bertz CT molecular complexity index is 637. The van der Waals surface area contributed by atoms with E-state index in [1.165, 1.54) is 0 Å². The average molecular weight is 221 g/mol. The third-order valence-electron chi connectivity index (χ3n) is 2.45. The van der Waals surface area contributed by atoms with Gasteiger partial charge in [-0.1, -0.05) is 17.7 Å². The van der Waals surface area contributed by atoms with Crippen LogP contribution in [0.15, 0.2) is 24.4 Å². The molecule has 0 aliphatic heterocycles. The maximum Gasteiger partial charge on any atom is 0.212 e. The van der Waals surface area contributed by atoms with Gasteiger partial charge in [-0.15, -0.1) is 0 Å². The maximum atomic E-state index is 6.04. The third kappa shape index (κ3) is 1.15. The summed E-state index contributed by atoms with van der Waals surface area (Å²) < 4.78 is 1.96. The van der Waals surface area contributed by atoms with Gasteiger partial charge >= 0.3 is 0 Å². The lowest BCUT2D eigenvalue weighted by atomic mass is 10.3. The van der Waals surface area contributed by atoms with Crippen molar-refractivity contribution in [2.24, 2.45) is 5.73 Å². The molecule has 0 aliphatic carbocycles. The molecule has 76 valence electrons. The van der Waals surface area contributed by atoms with Crippen molar-refractivity contribution in [3.8, 4) is 0 Å². The second-order valence-corrected chi connectivity index (χ2v) is 3.80. The fourth-order valence-corrected chi connectivity index (χ4v) is 1.95. The van der Waals surface area contributed by atoms with Gasteiger partial charge in [-0.2, -0.15) is 0 Å². The van der Waals surface area contributed by atoms with Gasteiger partial charge in [0.2, 0.25) is 5.78 Å². The number of halogens is 1. The lowest BCUT2D eigenvalue weighted by molar-refractivity contribution is 1.01. The summed E-state index contributed by atoms with van der Waals surface area (Å²) in [6.07, 6.45) is 1.95. The first-order valence-corrected chi connectivity index (χ1v) is 5.01. The molecular formula is C10H9ClN4. The van der Waals surface area contributed by atoms with Gasteiger partial charge in [0.05, 0.1) is 10.5 Å². The number of rotatable bonds is 1. The Morgan fingerprint density at radius 1 is 1.47 bits per heavy atom. The number of nitrogens with two attached hydrogens (primary N) is 1. The molecule has 3 aromatic rings. The molecule has 2 aromatic heterocycles. The number of aromatic amines is 1. The molecule has 1 aromatic carbocycles. The van der Waals surface area contributed by atoms with E-state index in [9.17, 15) is 0 Å². The van der Waals surface area contributed by atoms with E-state index in [1.807, 2.05) is 28.8 Å². The number of fused-ring (bicyclic) bond motifs is 3. The highest BCUT2D eigenvalue weighted by atomic mass is 35.5. The number of nitrogens with zero attached hydrogens (tertiary/aromatic N) is 2. The number of benzene rings is 1. The van der Waals surface area contributed by atoms with E-state index < -0.39 is 0 Å². The highest BCUT2D eigenvalue weighted by Crippen LogP contribution is 2.23. The van der Waals surface area contributed by atoms with Crippen molar-refractivity contribution >= 4 is 28.4 Å². The van der Waals surface area contributed by atoms with Gasteiger partial charge in [0, 0.05) is 18.4 Å². The molecule has 0 saturated heterocycles. The summed E-state index contributed by atoms with van der Waals surface area (Å²) in [5.41, 5.74) is 8.31. The van der Waals surface area contributed by atoms with Gasteiger partial charge in [-0.3, -0.25) is 4.40 Å². The quantitative estimate of drug-likeness (QED) is 0.658. The van der Waals surface area contributed by atoms with Crippen molar-refractivity contribution < 1.29 is 0 Å². The molecule has 2 heterocycles. The van der Waals surface area contributed by atoms with E-state index >= 15 is 0 Å². The maximum absolute atomic E-state index is 6.04. The smallest absolute Gasteiger partial charge is 0.212 e. The van der Waals surface area contributed by atoms with Gasteiger partial charge in [0.25, 0.3) is 0 Å². The minimum absolute atomic E-state index is 0.478. The average Bonchev–Trinajstić information content (AvgIpc) is 2.76. The van der Waals surface area contributed by atoms with Gasteiger partial charge in [-0.05, 0) is 12.1 Å². The molecule has 0 atom stereocenters. The summed E-state index contributed by atoms with van der Waals surface area (Å²) in [5, 5.41) is 0.666. The van der Waals surface area contributed by atoms with Crippen LogP contribution < -0.4 is 5.73 Å². The Hall–Kier alpha value is -1.52. The van der Waals surface area contributed by atoms with Crippen LogP contribution in [0, 0.1) is 0 Å². The summed E-state index contributed by atoms with van der Waals surface area (Å²) >= 11 is 6.04. The Balaban J connectivity index is 2.46. The van der Waals surface area contributed by atoms with Crippen LogP contribution in [-0.2, 0) is 6.54 Å². The molecule has 0 amide bonds. The molecular weight excluding hydrogens is 212 g/mol. The van der Waals surface area contributed by atoms with Crippen molar-refractivity contribution in [3.63, 3.8) is 0 Å². The highest BCUT2D eigenvalue weighted by Gasteiger charge is 2.09. The number of hydrogen-bond acceptors (Lipinski definition) is 2. The van der Waals surface area contributed by atoms with Crippen LogP contribution in [0.4, 0.5) is 0 Å². The number of nitrogens with one attached hydrogen (secondary N) is 1. The zero-order chi connectivity index (χ0) is 10.4.